The van der Waals surface area contributed by atoms with Crippen molar-refractivity contribution in [2.45, 2.75) is 12.8 Å². The molecule has 1 heterocycles. The minimum Gasteiger partial charge on any atom is -0.506 e. The highest BCUT2D eigenvalue weighted by Gasteiger charge is 2.33. The molecule has 0 aliphatic heterocycles. The Morgan fingerprint density at radius 2 is 1.85 bits per heavy atom. The summed E-state index contributed by atoms with van der Waals surface area (Å²) in [6, 6.07) is 10.2. The lowest BCUT2D eigenvalue weighted by atomic mass is 10.0. The lowest BCUT2D eigenvalue weighted by Gasteiger charge is -2.00. The lowest BCUT2D eigenvalue weighted by molar-refractivity contribution is -0.115. The molecular weight excluding hydrogens is 256 g/mol. The molecule has 0 bridgehead atoms. The van der Waals surface area contributed by atoms with E-state index in [0.717, 1.165) is 0 Å². The molecule has 4 nitrogen and oxygen atoms in total. The molecule has 0 fully saturated rings. The Balaban J connectivity index is 1.82. The van der Waals surface area contributed by atoms with Crippen LogP contribution in [0, 0.1) is 0 Å². The van der Waals surface area contributed by atoms with Gasteiger partial charge in [0.05, 0.1) is 6.26 Å². The van der Waals surface area contributed by atoms with Gasteiger partial charge < -0.3 is 9.52 Å². The number of benzene rings is 1. The van der Waals surface area contributed by atoms with Gasteiger partial charge in [0.15, 0.2) is 5.78 Å². The first-order valence-electron chi connectivity index (χ1n) is 6.31. The molecule has 0 spiro atoms. The molecule has 0 amide bonds. The third-order valence-corrected chi connectivity index (χ3v) is 3.35. The molecule has 1 aliphatic carbocycles. The van der Waals surface area contributed by atoms with Crippen LogP contribution in [0.15, 0.2) is 52.7 Å². The van der Waals surface area contributed by atoms with Crippen LogP contribution < -0.4 is 0 Å². The maximum atomic E-state index is 12.1. The zero-order valence-corrected chi connectivity index (χ0v) is 10.6. The summed E-state index contributed by atoms with van der Waals surface area (Å²) in [4.78, 5) is 24.3. The predicted molar refractivity (Wildman–Crippen MR) is 72.4 cm³/mol. The molecule has 1 aromatic heterocycles. The number of hydrogen-bond donors (Lipinski definition) is 1. The molecule has 0 unspecified atom stereocenters. The minimum atomic E-state index is -0.400. The normalized spacial score (nSPS) is 13.7. The van der Waals surface area contributed by atoms with E-state index in [0.29, 0.717) is 23.3 Å². The Bertz CT molecular complexity index is 708. The van der Waals surface area contributed by atoms with Gasteiger partial charge in [-0.25, -0.2) is 0 Å². The fourth-order valence-corrected chi connectivity index (χ4v) is 2.34. The number of carbonyl (C=O) groups excluding carboxylic acids is 2. The van der Waals surface area contributed by atoms with Gasteiger partial charge in [0.2, 0.25) is 5.78 Å². The average Bonchev–Trinajstić information content (AvgIpc) is 3.05. The SMILES string of the molecule is O=C(CCc1ccco1)C1=C(O)c2ccccc2C1=O. The smallest absolute Gasteiger partial charge is 0.201 e. The lowest BCUT2D eigenvalue weighted by Crippen LogP contribution is -2.11. The van der Waals surface area contributed by atoms with Crippen LogP contribution in [0.25, 0.3) is 5.76 Å². The molecule has 0 radical (unpaired) electrons. The van der Waals surface area contributed by atoms with Gasteiger partial charge in [-0.05, 0) is 12.1 Å². The molecule has 0 saturated heterocycles. The van der Waals surface area contributed by atoms with Gasteiger partial charge in [-0.15, -0.1) is 0 Å². The summed E-state index contributed by atoms with van der Waals surface area (Å²) in [7, 11) is 0. The van der Waals surface area contributed by atoms with Crippen LogP contribution in [-0.2, 0) is 11.2 Å². The van der Waals surface area contributed by atoms with E-state index in [9.17, 15) is 14.7 Å². The second-order valence-electron chi connectivity index (χ2n) is 4.60. The molecule has 100 valence electrons. The van der Waals surface area contributed by atoms with Crippen LogP contribution in [-0.4, -0.2) is 16.7 Å². The van der Waals surface area contributed by atoms with Crippen LogP contribution in [0.2, 0.25) is 0 Å². The summed E-state index contributed by atoms with van der Waals surface area (Å²) in [6.45, 7) is 0. The minimum absolute atomic E-state index is 0.113. The third kappa shape index (κ3) is 1.95. The number of aryl methyl sites for hydroxylation is 1. The van der Waals surface area contributed by atoms with Crippen molar-refractivity contribution < 1.29 is 19.1 Å². The van der Waals surface area contributed by atoms with Crippen LogP contribution >= 0.6 is 0 Å². The van der Waals surface area contributed by atoms with Crippen molar-refractivity contribution >= 4 is 17.3 Å². The van der Waals surface area contributed by atoms with Crippen LogP contribution in [0.4, 0.5) is 0 Å². The Morgan fingerprint density at radius 3 is 2.50 bits per heavy atom. The fourth-order valence-electron chi connectivity index (χ4n) is 2.34. The Morgan fingerprint density at radius 1 is 1.10 bits per heavy atom. The molecule has 0 atom stereocenters. The second kappa shape index (κ2) is 4.81. The van der Waals surface area contributed by atoms with Gasteiger partial charge >= 0.3 is 0 Å². The van der Waals surface area contributed by atoms with Crippen molar-refractivity contribution in [3.05, 3.63) is 65.1 Å². The maximum absolute atomic E-state index is 12.1. The number of carbonyl (C=O) groups is 2. The number of aliphatic hydroxyl groups excluding tert-OH is 1. The van der Waals surface area contributed by atoms with Crippen LogP contribution in [0.3, 0.4) is 0 Å². The monoisotopic (exact) mass is 268 g/mol. The number of rotatable bonds is 4. The molecule has 3 rings (SSSR count). The second-order valence-corrected chi connectivity index (χ2v) is 4.60. The van der Waals surface area contributed by atoms with Crippen molar-refractivity contribution in [1.29, 1.82) is 0 Å². The van der Waals surface area contributed by atoms with E-state index in [1.807, 2.05) is 0 Å². The quantitative estimate of drug-likeness (QED) is 0.866. The van der Waals surface area contributed by atoms with Gasteiger partial charge in [-0.2, -0.15) is 0 Å². The van der Waals surface area contributed by atoms with Crippen LogP contribution in [0.5, 0.6) is 0 Å². The number of fused-ring (bicyclic) bond motifs is 1. The Labute approximate surface area is 115 Å². The first-order valence-corrected chi connectivity index (χ1v) is 6.31. The summed E-state index contributed by atoms with van der Waals surface area (Å²) >= 11 is 0. The van der Waals surface area contributed by atoms with Crippen molar-refractivity contribution in [2.24, 2.45) is 0 Å². The number of hydrogen-bond acceptors (Lipinski definition) is 4. The molecule has 0 saturated carbocycles. The fraction of sp³-hybridized carbons (Fsp3) is 0.125. The Hall–Kier alpha value is -2.62. The van der Waals surface area contributed by atoms with E-state index >= 15 is 0 Å². The van der Waals surface area contributed by atoms with Gasteiger partial charge in [-0.1, -0.05) is 24.3 Å². The van der Waals surface area contributed by atoms with E-state index < -0.39 is 5.78 Å². The molecule has 1 aromatic carbocycles. The van der Waals surface area contributed by atoms with Crippen molar-refractivity contribution in [2.75, 3.05) is 0 Å². The summed E-state index contributed by atoms with van der Waals surface area (Å²) in [5, 5.41) is 10.1. The number of ketones is 2. The average molecular weight is 268 g/mol. The molecule has 2 aromatic rings. The third-order valence-electron chi connectivity index (χ3n) is 3.35. The van der Waals surface area contributed by atoms with Gasteiger partial charge in [0.25, 0.3) is 0 Å². The molecule has 4 heteroatoms. The number of Topliss-reactive ketones (excluding diaryl/α,β-unsaturated/α-hetero) is 2. The van der Waals surface area contributed by atoms with E-state index in [2.05, 4.69) is 0 Å². The maximum Gasteiger partial charge on any atom is 0.201 e. The molecule has 1 aliphatic rings. The Kier molecular flexibility index (Phi) is 2.99. The van der Waals surface area contributed by atoms with E-state index in [4.69, 9.17) is 4.42 Å². The largest absolute Gasteiger partial charge is 0.506 e. The highest BCUT2D eigenvalue weighted by Crippen LogP contribution is 2.31. The van der Waals surface area contributed by atoms with Crippen LogP contribution in [0.1, 0.15) is 28.1 Å². The number of aliphatic hydroxyl groups is 1. The highest BCUT2D eigenvalue weighted by atomic mass is 16.3. The zero-order valence-electron chi connectivity index (χ0n) is 10.6. The van der Waals surface area contributed by atoms with Gasteiger partial charge in [0.1, 0.15) is 17.1 Å². The summed E-state index contributed by atoms with van der Waals surface area (Å²) < 4.78 is 5.15. The summed E-state index contributed by atoms with van der Waals surface area (Å²) in [5.74, 6) is -0.293. The first kappa shape index (κ1) is 12.4. The topological polar surface area (TPSA) is 67.5 Å². The van der Waals surface area contributed by atoms with Gasteiger partial charge in [-0.3, -0.25) is 9.59 Å². The number of furan rings is 1. The van der Waals surface area contributed by atoms with Crippen molar-refractivity contribution in [3.63, 3.8) is 0 Å². The van der Waals surface area contributed by atoms with Gasteiger partial charge in [0, 0.05) is 24.0 Å². The number of allylic oxidation sites excluding steroid dienone is 1. The standard InChI is InChI=1S/C16H12O4/c17-13(8-7-10-4-3-9-20-10)14-15(18)11-5-1-2-6-12(11)16(14)19/h1-6,9,18H,7-8H2. The zero-order chi connectivity index (χ0) is 14.1. The van der Waals surface area contributed by atoms with E-state index in [1.54, 1.807) is 36.4 Å². The molecule has 1 N–H and O–H groups in total. The summed E-state index contributed by atoms with van der Waals surface area (Å²) in [5.41, 5.74) is 0.697. The summed E-state index contributed by atoms with van der Waals surface area (Å²) in [6.07, 6.45) is 2.08. The van der Waals surface area contributed by atoms with Crippen molar-refractivity contribution in [3.8, 4) is 0 Å². The predicted octanol–water partition coefficient (Wildman–Crippen LogP) is 2.95. The van der Waals surface area contributed by atoms with Crippen molar-refractivity contribution in [1.82, 2.24) is 0 Å². The molecular formula is C16H12O4. The van der Waals surface area contributed by atoms with E-state index in [-0.39, 0.29) is 23.5 Å². The highest BCUT2D eigenvalue weighted by molar-refractivity contribution is 6.34. The molecule has 20 heavy (non-hydrogen) atoms. The first-order chi connectivity index (χ1) is 9.68. The van der Waals surface area contributed by atoms with E-state index in [1.165, 1.54) is 6.26 Å².